The van der Waals surface area contributed by atoms with Gasteiger partial charge in [-0.3, -0.25) is 14.4 Å². The number of nitrogens with one attached hydrogen (secondary N) is 2. The van der Waals surface area contributed by atoms with E-state index in [1.165, 1.54) is 23.9 Å². The van der Waals surface area contributed by atoms with Gasteiger partial charge in [0, 0.05) is 19.4 Å². The Bertz CT molecular complexity index is 917. The molecule has 0 saturated carbocycles. The third-order valence-corrected chi connectivity index (χ3v) is 7.82. The van der Waals surface area contributed by atoms with Gasteiger partial charge in [-0.2, -0.15) is 0 Å². The lowest BCUT2D eigenvalue weighted by Crippen LogP contribution is -2.57. The molecule has 1 fully saturated rings. The Morgan fingerprint density at radius 3 is 2.23 bits per heavy atom. The van der Waals surface area contributed by atoms with Gasteiger partial charge in [0.15, 0.2) is 0 Å². The molecule has 1 saturated heterocycles. The molecule has 1 aliphatic rings. The molecule has 0 unspecified atom stereocenters. The van der Waals surface area contributed by atoms with Crippen LogP contribution in [0.3, 0.4) is 0 Å². The third kappa shape index (κ3) is 12.0. The maximum Gasteiger partial charge on any atom is 0.305 e. The van der Waals surface area contributed by atoms with Crippen LogP contribution in [-0.4, -0.2) is 98.1 Å². The second-order valence-corrected chi connectivity index (χ2v) is 11.0. The van der Waals surface area contributed by atoms with Gasteiger partial charge in [0.05, 0.1) is 13.0 Å². The van der Waals surface area contributed by atoms with Crippen molar-refractivity contribution in [3.63, 3.8) is 0 Å². The van der Waals surface area contributed by atoms with E-state index in [2.05, 4.69) is 10.6 Å². The first kappa shape index (κ1) is 33.8. The molecule has 226 valence electrons. The van der Waals surface area contributed by atoms with E-state index in [0.29, 0.717) is 17.7 Å². The van der Waals surface area contributed by atoms with Crippen LogP contribution in [-0.2, 0) is 25.5 Å². The fourth-order valence-electron chi connectivity index (χ4n) is 4.25. The number of rotatable bonds is 18. The number of carbonyl (C=O) groups is 3. The summed E-state index contributed by atoms with van der Waals surface area (Å²) in [6, 6.07) is 5.05. The number of hydrogen-bond acceptors (Lipinski definition) is 10. The summed E-state index contributed by atoms with van der Waals surface area (Å²) in [7, 11) is 0. The number of carboxylic acid groups (broad SMARTS) is 1. The number of amides is 2. The van der Waals surface area contributed by atoms with Crippen LogP contribution < -0.4 is 15.7 Å². The van der Waals surface area contributed by atoms with Gasteiger partial charge in [-0.1, -0.05) is 49.9 Å². The molecule has 1 aliphatic heterocycles. The number of aliphatic hydroxyl groups excluding tert-OH is 4. The molecular weight excluding hydrogens is 544 g/mol. The molecule has 0 aliphatic carbocycles. The van der Waals surface area contributed by atoms with Crippen molar-refractivity contribution in [3.8, 4) is 5.75 Å². The van der Waals surface area contributed by atoms with Crippen LogP contribution in [0.25, 0.3) is 0 Å². The SMILES string of the molecule is O=C(O)CCNC(=O)[C@H](Cc1ccc([O-])cc1)NC(=O)CCCCCCCCS[C@@H]1O[C@H](CO)[C@@H](O)[C@H](O)[C@H]1O. The molecule has 2 amide bonds. The summed E-state index contributed by atoms with van der Waals surface area (Å²) in [5.74, 6) is -1.29. The van der Waals surface area contributed by atoms with E-state index in [1.54, 1.807) is 12.1 Å². The highest BCUT2D eigenvalue weighted by atomic mass is 32.2. The minimum Gasteiger partial charge on any atom is -0.872 e. The van der Waals surface area contributed by atoms with Crippen LogP contribution >= 0.6 is 11.8 Å². The van der Waals surface area contributed by atoms with Gasteiger partial charge in [0.1, 0.15) is 35.9 Å². The first-order valence-corrected chi connectivity index (χ1v) is 14.6. The van der Waals surface area contributed by atoms with E-state index in [4.69, 9.17) is 9.84 Å². The number of thioether (sulfide) groups is 1. The van der Waals surface area contributed by atoms with Crippen molar-refractivity contribution < 1.29 is 49.8 Å². The Balaban J connectivity index is 1.64. The Morgan fingerprint density at radius 2 is 1.57 bits per heavy atom. The van der Waals surface area contributed by atoms with Crippen molar-refractivity contribution in [3.05, 3.63) is 29.8 Å². The van der Waals surface area contributed by atoms with E-state index in [0.717, 1.165) is 32.1 Å². The summed E-state index contributed by atoms with van der Waals surface area (Å²) in [5.41, 5.74) is -0.0221. The minimum absolute atomic E-state index is 0.0545. The molecular formula is C27H41N2O10S-. The molecule has 0 aromatic heterocycles. The molecule has 12 nitrogen and oxygen atoms in total. The number of carboxylic acids is 1. The molecule has 1 aromatic rings. The monoisotopic (exact) mass is 585 g/mol. The van der Waals surface area contributed by atoms with Crippen molar-refractivity contribution >= 4 is 29.5 Å². The fraction of sp³-hybridized carbons (Fsp3) is 0.667. The standard InChI is InChI=1S/C27H42N2O10S/c30-16-20-23(35)24(36)25(37)27(39-20)40-14-6-4-2-1-3-5-7-21(32)29-19(26(38)28-13-12-22(33)34)15-17-8-10-18(31)11-9-17/h8-11,19-20,23-25,27,30-31,35-37H,1-7,12-16H2,(H,28,38)(H,29,32)(H,33,34)/p-1/t19-,20+,23+,24-,25+,27-/m0/s1. The Hall–Kier alpha value is -2.42. The van der Waals surface area contributed by atoms with Crippen LogP contribution in [0, 0.1) is 0 Å². The summed E-state index contributed by atoms with van der Waals surface area (Å²) >= 11 is 1.33. The minimum atomic E-state index is -1.37. The fourth-order valence-corrected chi connectivity index (χ4v) is 5.43. The number of unbranched alkanes of at least 4 members (excludes halogenated alkanes) is 5. The highest BCUT2D eigenvalue weighted by Crippen LogP contribution is 2.29. The van der Waals surface area contributed by atoms with Crippen LogP contribution in [0.2, 0.25) is 0 Å². The average molecular weight is 586 g/mol. The molecule has 6 atom stereocenters. The average Bonchev–Trinajstić information content (AvgIpc) is 2.92. The molecule has 0 spiro atoms. The molecule has 13 heteroatoms. The molecule has 1 heterocycles. The van der Waals surface area contributed by atoms with Gasteiger partial charge < -0.3 is 46.0 Å². The van der Waals surface area contributed by atoms with E-state index >= 15 is 0 Å². The Morgan fingerprint density at radius 1 is 0.925 bits per heavy atom. The van der Waals surface area contributed by atoms with E-state index in [1.807, 2.05) is 0 Å². The van der Waals surface area contributed by atoms with Crippen molar-refractivity contribution in [2.75, 3.05) is 18.9 Å². The normalized spacial score (nSPS) is 23.4. The molecule has 7 N–H and O–H groups in total. The van der Waals surface area contributed by atoms with Gasteiger partial charge >= 0.3 is 5.97 Å². The molecule has 0 bridgehead atoms. The first-order valence-electron chi connectivity index (χ1n) is 13.6. The predicted molar refractivity (Wildman–Crippen MR) is 145 cm³/mol. The van der Waals surface area contributed by atoms with E-state index in [-0.39, 0.29) is 37.5 Å². The first-order chi connectivity index (χ1) is 19.1. The number of aliphatic hydroxyl groups is 4. The van der Waals surface area contributed by atoms with Crippen LogP contribution in [0.5, 0.6) is 5.75 Å². The molecule has 1 aromatic carbocycles. The van der Waals surface area contributed by atoms with Gasteiger partial charge in [-0.05, 0) is 24.2 Å². The lowest BCUT2D eigenvalue weighted by atomic mass is 10.0. The zero-order valence-corrected chi connectivity index (χ0v) is 23.3. The zero-order valence-electron chi connectivity index (χ0n) is 22.4. The maximum atomic E-state index is 12.6. The lowest BCUT2D eigenvalue weighted by molar-refractivity contribution is -0.268. The largest absolute Gasteiger partial charge is 0.872 e. The second kappa shape index (κ2) is 18.1. The smallest absolute Gasteiger partial charge is 0.305 e. The van der Waals surface area contributed by atoms with Crippen molar-refractivity contribution in [1.29, 1.82) is 0 Å². The van der Waals surface area contributed by atoms with Gasteiger partial charge in [-0.15, -0.1) is 17.5 Å². The van der Waals surface area contributed by atoms with Gasteiger partial charge in [0.25, 0.3) is 0 Å². The summed E-state index contributed by atoms with van der Waals surface area (Å²) in [5, 5.41) is 64.4. The van der Waals surface area contributed by atoms with Gasteiger partial charge in [0.2, 0.25) is 11.8 Å². The molecule has 0 radical (unpaired) electrons. The quantitative estimate of drug-likeness (QED) is 0.111. The lowest BCUT2D eigenvalue weighted by Gasteiger charge is -2.39. The summed E-state index contributed by atoms with van der Waals surface area (Å²) < 4.78 is 5.48. The van der Waals surface area contributed by atoms with Crippen LogP contribution in [0.15, 0.2) is 24.3 Å². The van der Waals surface area contributed by atoms with E-state index < -0.39 is 54.4 Å². The topological polar surface area (TPSA) is 209 Å². The second-order valence-electron chi connectivity index (χ2n) is 9.84. The third-order valence-electron chi connectivity index (χ3n) is 6.58. The Labute approximate surface area is 238 Å². The van der Waals surface area contributed by atoms with Gasteiger partial charge in [-0.25, -0.2) is 0 Å². The highest BCUT2D eigenvalue weighted by molar-refractivity contribution is 7.99. The van der Waals surface area contributed by atoms with Crippen LogP contribution in [0.1, 0.15) is 56.9 Å². The summed E-state index contributed by atoms with van der Waals surface area (Å²) in [4.78, 5) is 35.8. The van der Waals surface area contributed by atoms with Crippen molar-refractivity contribution in [1.82, 2.24) is 10.6 Å². The number of hydrogen-bond donors (Lipinski definition) is 7. The zero-order chi connectivity index (χ0) is 29.5. The number of ether oxygens (including phenoxy) is 1. The summed E-state index contributed by atoms with van der Waals surface area (Å²) in [6.07, 6.45) is 0.431. The number of carbonyl (C=O) groups excluding carboxylic acids is 2. The van der Waals surface area contributed by atoms with Crippen molar-refractivity contribution in [2.24, 2.45) is 0 Å². The highest BCUT2D eigenvalue weighted by Gasteiger charge is 2.43. The van der Waals surface area contributed by atoms with E-state index in [9.17, 15) is 39.9 Å². The molecule has 2 rings (SSSR count). The van der Waals surface area contributed by atoms with Crippen molar-refractivity contribution in [2.45, 2.75) is 93.7 Å². The predicted octanol–water partition coefficient (Wildman–Crippen LogP) is -0.358. The number of benzene rings is 1. The molecule has 40 heavy (non-hydrogen) atoms. The van der Waals surface area contributed by atoms with Crippen LogP contribution in [0.4, 0.5) is 0 Å². The summed E-state index contributed by atoms with van der Waals surface area (Å²) in [6.45, 7) is -0.502. The maximum absolute atomic E-state index is 12.6. The Kier molecular flexibility index (Phi) is 15.3. The number of aliphatic carboxylic acids is 1.